The van der Waals surface area contributed by atoms with Gasteiger partial charge in [0, 0.05) is 5.02 Å². The Morgan fingerprint density at radius 2 is 1.91 bits per heavy atom. The van der Waals surface area contributed by atoms with E-state index in [4.69, 9.17) is 33.0 Å². The highest BCUT2D eigenvalue weighted by atomic mass is 35.5. The maximum atomic E-state index is 11.8. The van der Waals surface area contributed by atoms with E-state index in [9.17, 15) is 14.4 Å². The Bertz CT molecular complexity index is 580. The van der Waals surface area contributed by atoms with Crippen LogP contribution < -0.4 is 15.4 Å². The molecule has 1 aromatic carbocycles. The number of carboxylic acid groups (broad SMARTS) is 1. The van der Waals surface area contributed by atoms with E-state index in [-0.39, 0.29) is 17.3 Å². The number of carbonyl (C=O) groups excluding carboxylic acids is 2. The van der Waals surface area contributed by atoms with E-state index in [1.54, 1.807) is 6.07 Å². The van der Waals surface area contributed by atoms with Crippen molar-refractivity contribution in [3.8, 4) is 5.75 Å². The summed E-state index contributed by atoms with van der Waals surface area (Å²) in [6.45, 7) is 0.616. The molecular formula is C13H14Cl2N2O5. The molecular weight excluding hydrogens is 335 g/mol. The molecule has 0 spiro atoms. The predicted octanol–water partition coefficient (Wildman–Crippen LogP) is 1.08. The number of ether oxygens (including phenoxy) is 1. The minimum absolute atomic E-state index is 0.256. The van der Waals surface area contributed by atoms with Crippen LogP contribution in [0, 0.1) is 0 Å². The van der Waals surface area contributed by atoms with Gasteiger partial charge >= 0.3 is 5.97 Å². The average Bonchev–Trinajstić information content (AvgIpc) is 2.45. The molecule has 9 heteroatoms. The fourth-order valence-electron chi connectivity index (χ4n) is 1.36. The molecule has 0 aliphatic carbocycles. The van der Waals surface area contributed by atoms with Crippen molar-refractivity contribution in [2.24, 2.45) is 0 Å². The van der Waals surface area contributed by atoms with Gasteiger partial charge < -0.3 is 20.5 Å². The van der Waals surface area contributed by atoms with E-state index in [1.807, 2.05) is 0 Å². The van der Waals surface area contributed by atoms with Crippen molar-refractivity contribution in [2.45, 2.75) is 13.0 Å². The molecule has 0 aromatic heterocycles. The van der Waals surface area contributed by atoms with Gasteiger partial charge in [0.25, 0.3) is 5.91 Å². The maximum Gasteiger partial charge on any atom is 0.322 e. The zero-order valence-electron chi connectivity index (χ0n) is 11.6. The second-order valence-electron chi connectivity index (χ2n) is 4.22. The molecule has 1 unspecified atom stereocenters. The molecule has 0 fully saturated rings. The summed E-state index contributed by atoms with van der Waals surface area (Å²) in [6.07, 6.45) is -0.897. The number of halogens is 2. The molecule has 0 heterocycles. The van der Waals surface area contributed by atoms with Gasteiger partial charge in [0.05, 0.1) is 11.6 Å². The molecule has 3 N–H and O–H groups in total. The SMILES string of the molecule is CC(Oc1ccc(Cl)cc1Cl)C(=O)NCC(=O)NCC(=O)O. The van der Waals surface area contributed by atoms with Gasteiger partial charge in [0.15, 0.2) is 6.10 Å². The molecule has 1 rings (SSSR count). The highest BCUT2D eigenvalue weighted by Gasteiger charge is 2.17. The van der Waals surface area contributed by atoms with Gasteiger partial charge in [-0.05, 0) is 25.1 Å². The number of carboxylic acids is 1. The van der Waals surface area contributed by atoms with Crippen molar-refractivity contribution >= 4 is 41.0 Å². The number of amides is 2. The lowest BCUT2D eigenvalue weighted by atomic mass is 10.3. The molecule has 0 saturated heterocycles. The lowest BCUT2D eigenvalue weighted by Gasteiger charge is -2.15. The summed E-state index contributed by atoms with van der Waals surface area (Å²) in [4.78, 5) is 33.3. The Balaban J connectivity index is 2.45. The zero-order chi connectivity index (χ0) is 16.7. The van der Waals surface area contributed by atoms with Gasteiger partial charge in [-0.3, -0.25) is 14.4 Å². The molecule has 0 bridgehead atoms. The van der Waals surface area contributed by atoms with Crippen molar-refractivity contribution in [3.05, 3.63) is 28.2 Å². The van der Waals surface area contributed by atoms with Crippen LogP contribution in [0.3, 0.4) is 0 Å². The minimum Gasteiger partial charge on any atom is -0.480 e. The van der Waals surface area contributed by atoms with Crippen molar-refractivity contribution in [2.75, 3.05) is 13.1 Å². The Morgan fingerprint density at radius 1 is 1.23 bits per heavy atom. The van der Waals surface area contributed by atoms with E-state index in [1.165, 1.54) is 19.1 Å². The standard InChI is InChI=1S/C13H14Cl2N2O5/c1-7(22-10-3-2-8(14)4-9(10)15)13(21)17-5-11(18)16-6-12(19)20/h2-4,7H,5-6H2,1H3,(H,16,18)(H,17,21)(H,19,20). The number of carbonyl (C=O) groups is 3. The van der Waals surface area contributed by atoms with Crippen LogP contribution in [0.2, 0.25) is 10.0 Å². The summed E-state index contributed by atoms with van der Waals surface area (Å²) >= 11 is 11.7. The van der Waals surface area contributed by atoms with E-state index in [2.05, 4.69) is 10.6 Å². The first-order valence-electron chi connectivity index (χ1n) is 6.17. The second kappa shape index (κ2) is 8.45. The third-order valence-electron chi connectivity index (χ3n) is 2.43. The summed E-state index contributed by atoms with van der Waals surface area (Å²) in [5, 5.41) is 13.5. The number of hydrogen-bond acceptors (Lipinski definition) is 4. The van der Waals surface area contributed by atoms with Crippen LogP contribution in [0.15, 0.2) is 18.2 Å². The topological polar surface area (TPSA) is 105 Å². The van der Waals surface area contributed by atoms with Crippen LogP contribution in [0.5, 0.6) is 5.75 Å². The van der Waals surface area contributed by atoms with Gasteiger partial charge in [-0.25, -0.2) is 0 Å². The summed E-state index contributed by atoms with van der Waals surface area (Å²) in [5.74, 6) is -2.05. The van der Waals surface area contributed by atoms with Crippen LogP contribution in [-0.2, 0) is 14.4 Å². The molecule has 7 nitrogen and oxygen atoms in total. The Kier molecular flexibility index (Phi) is 6.94. The minimum atomic E-state index is -1.17. The fourth-order valence-corrected chi connectivity index (χ4v) is 1.82. The van der Waals surface area contributed by atoms with Crippen molar-refractivity contribution in [3.63, 3.8) is 0 Å². The number of aliphatic carboxylic acids is 1. The van der Waals surface area contributed by atoms with E-state index in [0.717, 1.165) is 0 Å². The summed E-state index contributed by atoms with van der Waals surface area (Å²) in [7, 11) is 0. The third-order valence-corrected chi connectivity index (χ3v) is 2.96. The van der Waals surface area contributed by atoms with Gasteiger partial charge in [-0.1, -0.05) is 23.2 Å². The van der Waals surface area contributed by atoms with Crippen molar-refractivity contribution in [1.82, 2.24) is 10.6 Å². The molecule has 1 aromatic rings. The molecule has 2 amide bonds. The highest BCUT2D eigenvalue weighted by Crippen LogP contribution is 2.28. The smallest absolute Gasteiger partial charge is 0.322 e. The number of benzene rings is 1. The predicted molar refractivity (Wildman–Crippen MR) is 80.2 cm³/mol. The van der Waals surface area contributed by atoms with Gasteiger partial charge in [-0.2, -0.15) is 0 Å². The molecule has 120 valence electrons. The van der Waals surface area contributed by atoms with Crippen molar-refractivity contribution < 1.29 is 24.2 Å². The molecule has 0 aliphatic rings. The first-order valence-corrected chi connectivity index (χ1v) is 6.93. The van der Waals surface area contributed by atoms with Gasteiger partial charge in [-0.15, -0.1) is 0 Å². The molecule has 1 atom stereocenters. The van der Waals surface area contributed by atoms with Crippen LogP contribution in [-0.4, -0.2) is 42.1 Å². The number of hydrogen-bond donors (Lipinski definition) is 3. The van der Waals surface area contributed by atoms with Crippen molar-refractivity contribution in [1.29, 1.82) is 0 Å². The second-order valence-corrected chi connectivity index (χ2v) is 5.07. The molecule has 0 radical (unpaired) electrons. The summed E-state index contributed by atoms with van der Waals surface area (Å²) in [6, 6.07) is 4.56. The van der Waals surface area contributed by atoms with Crippen LogP contribution in [0.25, 0.3) is 0 Å². The van der Waals surface area contributed by atoms with Crippen LogP contribution >= 0.6 is 23.2 Å². The van der Waals surface area contributed by atoms with Crippen LogP contribution in [0.1, 0.15) is 6.92 Å². The normalized spacial score (nSPS) is 11.4. The largest absolute Gasteiger partial charge is 0.480 e. The van der Waals surface area contributed by atoms with Crippen LogP contribution in [0.4, 0.5) is 0 Å². The molecule has 0 saturated carbocycles. The lowest BCUT2D eigenvalue weighted by Crippen LogP contribution is -2.43. The summed E-state index contributed by atoms with van der Waals surface area (Å²) < 4.78 is 5.36. The van der Waals surface area contributed by atoms with Gasteiger partial charge in [0.2, 0.25) is 5.91 Å². The first kappa shape index (κ1) is 18.1. The highest BCUT2D eigenvalue weighted by molar-refractivity contribution is 6.35. The van der Waals surface area contributed by atoms with E-state index < -0.39 is 30.4 Å². The summed E-state index contributed by atoms with van der Waals surface area (Å²) in [5.41, 5.74) is 0. The fraction of sp³-hybridized carbons (Fsp3) is 0.308. The Hall–Kier alpha value is -1.99. The molecule has 22 heavy (non-hydrogen) atoms. The quantitative estimate of drug-likeness (QED) is 0.683. The number of nitrogens with one attached hydrogen (secondary N) is 2. The first-order chi connectivity index (χ1) is 10.3. The average molecular weight is 349 g/mol. The Labute approximate surface area is 136 Å². The monoisotopic (exact) mass is 348 g/mol. The molecule has 0 aliphatic heterocycles. The maximum absolute atomic E-state index is 11.8. The number of rotatable bonds is 7. The van der Waals surface area contributed by atoms with Gasteiger partial charge in [0.1, 0.15) is 12.3 Å². The van der Waals surface area contributed by atoms with E-state index in [0.29, 0.717) is 5.02 Å². The third kappa shape index (κ3) is 6.19. The Morgan fingerprint density at radius 3 is 2.50 bits per heavy atom. The zero-order valence-corrected chi connectivity index (χ0v) is 13.1. The lowest BCUT2D eigenvalue weighted by molar-refractivity contribution is -0.137. The van der Waals surface area contributed by atoms with E-state index >= 15 is 0 Å².